The van der Waals surface area contributed by atoms with E-state index in [-0.39, 0.29) is 19.1 Å². The van der Waals surface area contributed by atoms with Gasteiger partial charge in [-0.25, -0.2) is 4.79 Å². The minimum Gasteiger partial charge on any atom is -0.479 e. The first-order valence-electron chi connectivity index (χ1n) is 6.94. The first-order valence-corrected chi connectivity index (χ1v) is 6.94. The quantitative estimate of drug-likeness (QED) is 0.780. The number of carbonyl (C=O) groups is 2. The van der Waals surface area contributed by atoms with E-state index >= 15 is 0 Å². The van der Waals surface area contributed by atoms with Crippen molar-refractivity contribution in [2.45, 2.75) is 25.9 Å². The zero-order valence-corrected chi connectivity index (χ0v) is 11.4. The monoisotopic (exact) mass is 270 g/mol. The van der Waals surface area contributed by atoms with E-state index in [0.29, 0.717) is 12.5 Å². The smallest absolute Gasteiger partial charge is 0.334 e. The van der Waals surface area contributed by atoms with Gasteiger partial charge >= 0.3 is 5.97 Å². The maximum absolute atomic E-state index is 11.8. The van der Waals surface area contributed by atoms with Gasteiger partial charge in [0.05, 0.1) is 6.54 Å². The fourth-order valence-corrected chi connectivity index (χ4v) is 2.84. The summed E-state index contributed by atoms with van der Waals surface area (Å²) in [4.78, 5) is 26.7. The summed E-state index contributed by atoms with van der Waals surface area (Å²) in [6.45, 7) is 6.02. The van der Waals surface area contributed by atoms with Crippen LogP contribution < -0.4 is 0 Å². The van der Waals surface area contributed by atoms with E-state index < -0.39 is 12.1 Å². The van der Waals surface area contributed by atoms with Crippen LogP contribution in [0, 0.1) is 5.92 Å². The maximum Gasteiger partial charge on any atom is 0.334 e. The Kier molecular flexibility index (Phi) is 4.76. The van der Waals surface area contributed by atoms with Crippen molar-refractivity contribution in [3.05, 3.63) is 0 Å². The molecule has 0 aromatic heterocycles. The van der Waals surface area contributed by atoms with Gasteiger partial charge in [-0.15, -0.1) is 0 Å². The minimum atomic E-state index is -0.990. The highest BCUT2D eigenvalue weighted by molar-refractivity contribution is 5.81. The van der Waals surface area contributed by atoms with Crippen LogP contribution in [0.1, 0.15) is 19.8 Å². The predicted octanol–water partition coefficient (Wildman–Crippen LogP) is 0.0303. The van der Waals surface area contributed by atoms with Crippen LogP contribution in [-0.4, -0.2) is 72.2 Å². The van der Waals surface area contributed by atoms with E-state index in [2.05, 4.69) is 11.8 Å². The molecule has 2 fully saturated rings. The molecule has 2 atom stereocenters. The maximum atomic E-state index is 11.8. The van der Waals surface area contributed by atoms with E-state index in [1.807, 2.05) is 0 Å². The van der Waals surface area contributed by atoms with Crippen LogP contribution in [-0.2, 0) is 14.3 Å². The first kappa shape index (κ1) is 14.3. The van der Waals surface area contributed by atoms with Gasteiger partial charge in [0.2, 0.25) is 5.91 Å². The third kappa shape index (κ3) is 3.67. The molecule has 2 aliphatic heterocycles. The number of hydrogen-bond acceptors (Lipinski definition) is 4. The summed E-state index contributed by atoms with van der Waals surface area (Å²) < 4.78 is 5.01. The standard InChI is InChI=1S/C13H22N2O4/c1-2-14-5-3-4-10(6-14)7-15-8-11(13(17)18)19-9-12(15)16/h10-11H,2-9H2,1H3,(H,17,18). The molecule has 2 unspecified atom stereocenters. The average molecular weight is 270 g/mol. The highest BCUT2D eigenvalue weighted by Gasteiger charge is 2.32. The van der Waals surface area contributed by atoms with Crippen molar-refractivity contribution >= 4 is 11.9 Å². The summed E-state index contributed by atoms with van der Waals surface area (Å²) in [5.74, 6) is -0.632. The van der Waals surface area contributed by atoms with Gasteiger partial charge in [0.15, 0.2) is 6.10 Å². The molecule has 6 nitrogen and oxygen atoms in total. The lowest BCUT2D eigenvalue weighted by molar-refractivity contribution is -0.165. The van der Waals surface area contributed by atoms with Crippen LogP contribution in [0.2, 0.25) is 0 Å². The SMILES string of the molecule is CCN1CCCC(CN2CC(C(=O)O)OCC2=O)C1. The average Bonchev–Trinajstić information content (AvgIpc) is 2.41. The fourth-order valence-electron chi connectivity index (χ4n) is 2.84. The number of aliphatic carboxylic acids is 1. The van der Waals surface area contributed by atoms with Crippen LogP contribution in [0.15, 0.2) is 0 Å². The van der Waals surface area contributed by atoms with E-state index in [1.54, 1.807) is 4.90 Å². The van der Waals surface area contributed by atoms with E-state index in [4.69, 9.17) is 9.84 Å². The van der Waals surface area contributed by atoms with Crippen molar-refractivity contribution in [2.75, 3.05) is 39.3 Å². The Labute approximate surface area is 113 Å². The number of carboxylic acids is 1. The van der Waals surface area contributed by atoms with Crippen molar-refractivity contribution in [3.8, 4) is 0 Å². The van der Waals surface area contributed by atoms with Crippen molar-refractivity contribution in [1.29, 1.82) is 0 Å². The Morgan fingerprint density at radius 2 is 2.26 bits per heavy atom. The van der Waals surface area contributed by atoms with Gasteiger partial charge in [-0.1, -0.05) is 6.92 Å². The third-order valence-corrected chi connectivity index (χ3v) is 3.95. The number of ether oxygens (including phenoxy) is 1. The molecule has 2 aliphatic rings. The molecule has 1 N–H and O–H groups in total. The predicted molar refractivity (Wildman–Crippen MR) is 68.8 cm³/mol. The summed E-state index contributed by atoms with van der Waals surface area (Å²) >= 11 is 0. The van der Waals surface area contributed by atoms with Gasteiger partial charge in [0.25, 0.3) is 0 Å². The summed E-state index contributed by atoms with van der Waals surface area (Å²) in [6.07, 6.45) is 1.39. The molecule has 6 heteroatoms. The summed E-state index contributed by atoms with van der Waals surface area (Å²) in [5.41, 5.74) is 0. The number of likely N-dealkylation sites (tertiary alicyclic amines) is 1. The summed E-state index contributed by atoms with van der Waals surface area (Å²) in [6, 6.07) is 0. The molecule has 1 amide bonds. The second kappa shape index (κ2) is 6.34. The molecular weight excluding hydrogens is 248 g/mol. The molecule has 2 heterocycles. The van der Waals surface area contributed by atoms with E-state index in [0.717, 1.165) is 32.5 Å². The number of morpholine rings is 1. The zero-order valence-electron chi connectivity index (χ0n) is 11.4. The van der Waals surface area contributed by atoms with Gasteiger partial charge in [0.1, 0.15) is 6.61 Å². The number of hydrogen-bond donors (Lipinski definition) is 1. The van der Waals surface area contributed by atoms with Gasteiger partial charge in [-0.2, -0.15) is 0 Å². The molecule has 2 saturated heterocycles. The van der Waals surface area contributed by atoms with Gasteiger partial charge < -0.3 is 19.6 Å². The van der Waals surface area contributed by atoms with Gasteiger partial charge in [-0.3, -0.25) is 4.79 Å². The third-order valence-electron chi connectivity index (χ3n) is 3.95. The lowest BCUT2D eigenvalue weighted by atomic mass is 9.97. The zero-order chi connectivity index (χ0) is 13.8. The van der Waals surface area contributed by atoms with Crippen molar-refractivity contribution in [1.82, 2.24) is 9.80 Å². The van der Waals surface area contributed by atoms with Crippen molar-refractivity contribution in [3.63, 3.8) is 0 Å². The topological polar surface area (TPSA) is 70.1 Å². The number of piperidine rings is 1. The normalized spacial score (nSPS) is 29.5. The largest absolute Gasteiger partial charge is 0.479 e. The number of carboxylic acid groups (broad SMARTS) is 1. The molecular formula is C13H22N2O4. The highest BCUT2D eigenvalue weighted by Crippen LogP contribution is 2.19. The van der Waals surface area contributed by atoms with E-state index in [9.17, 15) is 9.59 Å². The highest BCUT2D eigenvalue weighted by atomic mass is 16.5. The number of rotatable bonds is 4. The molecule has 2 rings (SSSR count). The van der Waals surface area contributed by atoms with Crippen LogP contribution in [0.25, 0.3) is 0 Å². The Morgan fingerprint density at radius 1 is 1.47 bits per heavy atom. The number of amides is 1. The molecule has 0 spiro atoms. The lowest BCUT2D eigenvalue weighted by Crippen LogP contribution is -2.52. The lowest BCUT2D eigenvalue weighted by Gasteiger charge is -2.37. The molecule has 0 saturated carbocycles. The Morgan fingerprint density at radius 3 is 2.95 bits per heavy atom. The molecule has 0 aromatic carbocycles. The second-order valence-electron chi connectivity index (χ2n) is 5.34. The van der Waals surface area contributed by atoms with Gasteiger partial charge in [-0.05, 0) is 31.8 Å². The second-order valence-corrected chi connectivity index (χ2v) is 5.34. The van der Waals surface area contributed by atoms with Crippen LogP contribution in [0.3, 0.4) is 0 Å². The molecule has 0 bridgehead atoms. The molecule has 19 heavy (non-hydrogen) atoms. The van der Waals surface area contributed by atoms with E-state index in [1.165, 1.54) is 0 Å². The van der Waals surface area contributed by atoms with Crippen LogP contribution in [0.4, 0.5) is 0 Å². The van der Waals surface area contributed by atoms with Crippen LogP contribution >= 0.6 is 0 Å². The molecule has 108 valence electrons. The van der Waals surface area contributed by atoms with Gasteiger partial charge in [0, 0.05) is 13.1 Å². The molecule has 0 aliphatic carbocycles. The minimum absolute atomic E-state index is 0.0916. The first-order chi connectivity index (χ1) is 9.10. The van der Waals surface area contributed by atoms with Crippen LogP contribution in [0.5, 0.6) is 0 Å². The molecule has 0 radical (unpaired) electrons. The Balaban J connectivity index is 1.89. The van der Waals surface area contributed by atoms with Crippen molar-refractivity contribution < 1.29 is 19.4 Å². The Hall–Kier alpha value is -1.14. The van der Waals surface area contributed by atoms with Crippen molar-refractivity contribution in [2.24, 2.45) is 5.92 Å². The number of nitrogens with zero attached hydrogens (tertiary/aromatic N) is 2. The summed E-state index contributed by atoms with van der Waals surface area (Å²) in [7, 11) is 0. The summed E-state index contributed by atoms with van der Waals surface area (Å²) in [5, 5.41) is 8.96. The number of carbonyl (C=O) groups excluding carboxylic acids is 1. The fraction of sp³-hybridized carbons (Fsp3) is 0.846. The molecule has 0 aromatic rings. The Bertz CT molecular complexity index is 348.